The SMILES string of the molecule is Cn1c(CCCNC(=O)[C@H]2CCCN(CC(N)=O)C2)nc2ccccc21. The predicted octanol–water partition coefficient (Wildman–Crippen LogP) is 0.819. The van der Waals surface area contributed by atoms with Gasteiger partial charge in [0.15, 0.2) is 0 Å². The average Bonchev–Trinajstić information content (AvgIpc) is 2.94. The van der Waals surface area contributed by atoms with Gasteiger partial charge in [0.2, 0.25) is 11.8 Å². The van der Waals surface area contributed by atoms with Crippen LogP contribution in [0.5, 0.6) is 0 Å². The van der Waals surface area contributed by atoms with E-state index in [2.05, 4.69) is 20.9 Å². The molecule has 1 atom stereocenters. The highest BCUT2D eigenvalue weighted by Gasteiger charge is 2.26. The van der Waals surface area contributed by atoms with Gasteiger partial charge >= 0.3 is 0 Å². The van der Waals surface area contributed by atoms with Crippen molar-refractivity contribution in [2.24, 2.45) is 18.7 Å². The maximum atomic E-state index is 12.4. The lowest BCUT2D eigenvalue weighted by atomic mass is 9.97. The number of carbonyl (C=O) groups excluding carboxylic acids is 2. The molecule has 1 aromatic heterocycles. The molecule has 1 aliphatic rings. The van der Waals surface area contributed by atoms with Crippen molar-refractivity contribution in [2.75, 3.05) is 26.2 Å². The van der Waals surface area contributed by atoms with Crippen molar-refractivity contribution in [3.05, 3.63) is 30.1 Å². The molecule has 2 aromatic rings. The molecule has 2 heterocycles. The summed E-state index contributed by atoms with van der Waals surface area (Å²) in [6.45, 7) is 2.31. The molecule has 2 amide bonds. The third-order valence-electron chi connectivity index (χ3n) is 5.01. The Labute approximate surface area is 153 Å². The Morgan fingerprint density at radius 3 is 2.92 bits per heavy atom. The average molecular weight is 357 g/mol. The van der Waals surface area contributed by atoms with Gasteiger partial charge in [0.05, 0.1) is 23.5 Å². The summed E-state index contributed by atoms with van der Waals surface area (Å²) >= 11 is 0. The number of likely N-dealkylation sites (tertiary alicyclic amines) is 1. The fourth-order valence-electron chi connectivity index (χ4n) is 3.65. The number of para-hydroxylation sites is 2. The second-order valence-electron chi connectivity index (χ2n) is 7.01. The third kappa shape index (κ3) is 4.40. The van der Waals surface area contributed by atoms with Gasteiger partial charge in [-0.3, -0.25) is 14.5 Å². The van der Waals surface area contributed by atoms with E-state index in [1.165, 1.54) is 0 Å². The van der Waals surface area contributed by atoms with Gasteiger partial charge < -0.3 is 15.6 Å². The zero-order valence-electron chi connectivity index (χ0n) is 15.3. The van der Waals surface area contributed by atoms with E-state index in [1.807, 2.05) is 30.1 Å². The van der Waals surface area contributed by atoms with Crippen LogP contribution in [0.2, 0.25) is 0 Å². The molecule has 140 valence electrons. The van der Waals surface area contributed by atoms with Crippen LogP contribution in [0.1, 0.15) is 25.1 Å². The Hall–Kier alpha value is -2.41. The van der Waals surface area contributed by atoms with Crippen molar-refractivity contribution >= 4 is 22.8 Å². The molecule has 26 heavy (non-hydrogen) atoms. The van der Waals surface area contributed by atoms with Crippen LogP contribution in [0.15, 0.2) is 24.3 Å². The van der Waals surface area contributed by atoms with Crippen molar-refractivity contribution in [3.63, 3.8) is 0 Å². The van der Waals surface area contributed by atoms with E-state index in [9.17, 15) is 9.59 Å². The summed E-state index contributed by atoms with van der Waals surface area (Å²) in [6.07, 6.45) is 3.46. The van der Waals surface area contributed by atoms with E-state index in [1.54, 1.807) is 0 Å². The Morgan fingerprint density at radius 2 is 2.15 bits per heavy atom. The topological polar surface area (TPSA) is 93.3 Å². The number of nitrogens with zero attached hydrogens (tertiary/aromatic N) is 3. The monoisotopic (exact) mass is 357 g/mol. The number of benzene rings is 1. The van der Waals surface area contributed by atoms with Gasteiger partial charge in [-0.25, -0.2) is 4.98 Å². The number of aryl methyl sites for hydroxylation is 2. The van der Waals surface area contributed by atoms with Crippen LogP contribution in [-0.4, -0.2) is 52.4 Å². The van der Waals surface area contributed by atoms with Gasteiger partial charge in [0.25, 0.3) is 0 Å². The fraction of sp³-hybridized carbons (Fsp3) is 0.526. The molecule has 0 saturated carbocycles. The van der Waals surface area contributed by atoms with Gasteiger partial charge in [0.1, 0.15) is 5.82 Å². The molecule has 0 radical (unpaired) electrons. The molecule has 1 fully saturated rings. The number of nitrogens with two attached hydrogens (primary N) is 1. The third-order valence-corrected chi connectivity index (χ3v) is 5.01. The summed E-state index contributed by atoms with van der Waals surface area (Å²) in [5.74, 6) is 0.710. The molecule has 1 saturated heterocycles. The van der Waals surface area contributed by atoms with Crippen molar-refractivity contribution in [1.82, 2.24) is 19.8 Å². The summed E-state index contributed by atoms with van der Waals surface area (Å²) in [5.41, 5.74) is 7.38. The summed E-state index contributed by atoms with van der Waals surface area (Å²) < 4.78 is 2.11. The molecular weight excluding hydrogens is 330 g/mol. The standard InChI is InChI=1S/C19H27N5O2/c1-23-16-8-3-2-7-15(16)22-18(23)9-4-10-21-19(26)14-6-5-11-24(12-14)13-17(20)25/h2-3,7-8,14H,4-6,9-13H2,1H3,(H2,20,25)(H,21,26)/t14-/m0/s1. The largest absolute Gasteiger partial charge is 0.369 e. The number of nitrogens with one attached hydrogen (secondary N) is 1. The highest BCUT2D eigenvalue weighted by molar-refractivity contribution is 5.79. The van der Waals surface area contributed by atoms with E-state index in [4.69, 9.17) is 5.73 Å². The Balaban J connectivity index is 1.44. The molecule has 7 nitrogen and oxygen atoms in total. The molecule has 1 aromatic carbocycles. The minimum absolute atomic E-state index is 0.0566. The number of piperidine rings is 1. The zero-order chi connectivity index (χ0) is 18.5. The second kappa shape index (κ2) is 8.31. The van der Waals surface area contributed by atoms with Crippen molar-refractivity contribution in [3.8, 4) is 0 Å². The lowest BCUT2D eigenvalue weighted by Crippen LogP contribution is -2.45. The van der Waals surface area contributed by atoms with Gasteiger partial charge in [-0.2, -0.15) is 0 Å². The van der Waals surface area contributed by atoms with Crippen LogP contribution in [0.3, 0.4) is 0 Å². The summed E-state index contributed by atoms with van der Waals surface area (Å²) in [6, 6.07) is 8.08. The molecule has 3 N–H and O–H groups in total. The summed E-state index contributed by atoms with van der Waals surface area (Å²) in [5, 5.41) is 3.03. The molecule has 7 heteroatoms. The fourth-order valence-corrected chi connectivity index (χ4v) is 3.65. The molecule has 0 unspecified atom stereocenters. The number of aromatic nitrogens is 2. The summed E-state index contributed by atoms with van der Waals surface area (Å²) in [4.78, 5) is 30.1. The van der Waals surface area contributed by atoms with Crippen LogP contribution in [0.4, 0.5) is 0 Å². The van der Waals surface area contributed by atoms with E-state index < -0.39 is 0 Å². The van der Waals surface area contributed by atoms with Crippen molar-refractivity contribution in [2.45, 2.75) is 25.7 Å². The highest BCUT2D eigenvalue weighted by Crippen LogP contribution is 2.17. The summed E-state index contributed by atoms with van der Waals surface area (Å²) in [7, 11) is 2.03. The first-order chi connectivity index (χ1) is 12.5. The van der Waals surface area contributed by atoms with Gasteiger partial charge in [-0.1, -0.05) is 12.1 Å². The number of fused-ring (bicyclic) bond motifs is 1. The first-order valence-corrected chi connectivity index (χ1v) is 9.23. The number of amides is 2. The van der Waals surface area contributed by atoms with Crippen LogP contribution in [0.25, 0.3) is 11.0 Å². The van der Waals surface area contributed by atoms with E-state index in [0.717, 1.165) is 49.1 Å². The number of carbonyl (C=O) groups is 2. The van der Waals surface area contributed by atoms with Crippen LogP contribution >= 0.6 is 0 Å². The van der Waals surface area contributed by atoms with Crippen LogP contribution < -0.4 is 11.1 Å². The van der Waals surface area contributed by atoms with Gasteiger partial charge in [-0.05, 0) is 37.9 Å². The van der Waals surface area contributed by atoms with Crippen LogP contribution in [-0.2, 0) is 23.1 Å². The quantitative estimate of drug-likeness (QED) is 0.718. The van der Waals surface area contributed by atoms with Crippen LogP contribution in [0, 0.1) is 5.92 Å². The normalized spacial score (nSPS) is 18.1. The van der Waals surface area contributed by atoms with Crippen molar-refractivity contribution in [1.29, 1.82) is 0 Å². The smallest absolute Gasteiger partial charge is 0.231 e. The lowest BCUT2D eigenvalue weighted by Gasteiger charge is -2.30. The Bertz CT molecular complexity index is 785. The second-order valence-corrected chi connectivity index (χ2v) is 7.01. The maximum Gasteiger partial charge on any atom is 0.231 e. The Kier molecular flexibility index (Phi) is 5.88. The van der Waals surface area contributed by atoms with E-state index >= 15 is 0 Å². The van der Waals surface area contributed by atoms with E-state index in [-0.39, 0.29) is 24.3 Å². The lowest BCUT2D eigenvalue weighted by molar-refractivity contribution is -0.128. The molecular formula is C19H27N5O2. The molecule has 0 spiro atoms. The zero-order valence-corrected chi connectivity index (χ0v) is 15.3. The van der Waals surface area contributed by atoms with Gasteiger partial charge in [0, 0.05) is 26.6 Å². The van der Waals surface area contributed by atoms with E-state index in [0.29, 0.717) is 13.1 Å². The molecule has 0 bridgehead atoms. The number of rotatable bonds is 7. The number of primary amides is 1. The molecule has 0 aliphatic carbocycles. The predicted molar refractivity (Wildman–Crippen MR) is 100 cm³/mol. The number of hydrogen-bond donors (Lipinski definition) is 2. The van der Waals surface area contributed by atoms with Gasteiger partial charge in [-0.15, -0.1) is 0 Å². The Morgan fingerprint density at radius 1 is 1.35 bits per heavy atom. The molecule has 3 rings (SSSR count). The first-order valence-electron chi connectivity index (χ1n) is 9.23. The minimum Gasteiger partial charge on any atom is -0.369 e. The molecule has 1 aliphatic heterocycles. The first kappa shape index (κ1) is 18.4. The minimum atomic E-state index is -0.339. The maximum absolute atomic E-state index is 12.4. The van der Waals surface area contributed by atoms with Crippen molar-refractivity contribution < 1.29 is 9.59 Å². The highest BCUT2D eigenvalue weighted by atomic mass is 16.2. The number of imidazole rings is 1. The number of hydrogen-bond acceptors (Lipinski definition) is 4.